The van der Waals surface area contributed by atoms with Gasteiger partial charge in [0.15, 0.2) is 11.5 Å². The van der Waals surface area contributed by atoms with E-state index in [2.05, 4.69) is 0 Å². The van der Waals surface area contributed by atoms with Crippen molar-refractivity contribution in [1.82, 2.24) is 14.7 Å². The van der Waals surface area contributed by atoms with E-state index in [4.69, 9.17) is 26.8 Å². The molecule has 2 heterocycles. The van der Waals surface area contributed by atoms with Crippen molar-refractivity contribution in [2.45, 2.75) is 26.3 Å². The first kappa shape index (κ1) is 23.1. The van der Waals surface area contributed by atoms with Crippen LogP contribution in [0, 0.1) is 0 Å². The minimum absolute atomic E-state index is 0.0563. The summed E-state index contributed by atoms with van der Waals surface area (Å²) in [5, 5.41) is 4.85. The molecule has 0 bridgehead atoms. The third-order valence-corrected chi connectivity index (χ3v) is 6.89. The Bertz CT molecular complexity index is 1220. The van der Waals surface area contributed by atoms with Crippen LogP contribution in [0.2, 0.25) is 0 Å². The van der Waals surface area contributed by atoms with E-state index in [-0.39, 0.29) is 11.9 Å². The second-order valence-corrected chi connectivity index (χ2v) is 9.27. The molecule has 0 aliphatic carbocycles. The lowest BCUT2D eigenvalue weighted by Gasteiger charge is -2.21. The van der Waals surface area contributed by atoms with Crippen LogP contribution in [0.1, 0.15) is 25.8 Å². The SMILES string of the molecule is CCC(C)N1C(=O)/C(=C\c2cn(-c3ccccc3)nc2-c2ccc(OC)c(OC)c2)SC1=S. The highest BCUT2D eigenvalue weighted by Gasteiger charge is 2.35. The van der Waals surface area contributed by atoms with Crippen LogP contribution in [0.4, 0.5) is 0 Å². The standard InChI is InChI=1S/C25H25N3O3S2/c1-5-16(2)28-24(29)22(33-25(28)32)14-18-15-27(19-9-7-6-8-10-19)26-23(18)17-11-12-20(30-3)21(13-17)31-4/h6-16H,5H2,1-4H3/b22-14+. The van der Waals surface area contributed by atoms with Gasteiger partial charge in [-0.15, -0.1) is 0 Å². The number of ether oxygens (including phenoxy) is 2. The summed E-state index contributed by atoms with van der Waals surface area (Å²) in [4.78, 5) is 15.4. The van der Waals surface area contributed by atoms with Gasteiger partial charge in [0.05, 0.1) is 24.8 Å². The van der Waals surface area contributed by atoms with Gasteiger partial charge < -0.3 is 9.47 Å². The van der Waals surface area contributed by atoms with Crippen molar-refractivity contribution < 1.29 is 14.3 Å². The van der Waals surface area contributed by atoms with Gasteiger partial charge in [-0.05, 0) is 49.8 Å². The van der Waals surface area contributed by atoms with Crippen LogP contribution in [0.3, 0.4) is 0 Å². The second kappa shape index (κ2) is 9.80. The van der Waals surface area contributed by atoms with E-state index >= 15 is 0 Å². The molecule has 0 saturated carbocycles. The van der Waals surface area contributed by atoms with Crippen molar-refractivity contribution in [2.24, 2.45) is 0 Å². The van der Waals surface area contributed by atoms with Gasteiger partial charge in [-0.1, -0.05) is 49.1 Å². The van der Waals surface area contributed by atoms with Crippen LogP contribution >= 0.6 is 24.0 Å². The predicted molar refractivity (Wildman–Crippen MR) is 137 cm³/mol. The fraction of sp³-hybridized carbons (Fsp3) is 0.240. The van der Waals surface area contributed by atoms with Gasteiger partial charge >= 0.3 is 0 Å². The number of aromatic nitrogens is 2. The Labute approximate surface area is 203 Å². The molecule has 1 fully saturated rings. The lowest BCUT2D eigenvalue weighted by atomic mass is 10.1. The zero-order valence-electron chi connectivity index (χ0n) is 18.9. The third kappa shape index (κ3) is 4.54. The number of carbonyl (C=O) groups excluding carboxylic acids is 1. The van der Waals surface area contributed by atoms with Crippen molar-refractivity contribution in [3.63, 3.8) is 0 Å². The van der Waals surface area contributed by atoms with Crippen LogP contribution < -0.4 is 9.47 Å². The van der Waals surface area contributed by atoms with Gasteiger partial charge in [0.25, 0.3) is 5.91 Å². The number of hydrogen-bond acceptors (Lipinski definition) is 6. The number of rotatable bonds is 7. The van der Waals surface area contributed by atoms with E-state index in [0.717, 1.165) is 28.9 Å². The molecular formula is C25H25N3O3S2. The van der Waals surface area contributed by atoms with E-state index in [9.17, 15) is 4.79 Å². The molecule has 3 aromatic rings. The molecule has 0 radical (unpaired) electrons. The fourth-order valence-electron chi connectivity index (χ4n) is 3.60. The summed E-state index contributed by atoms with van der Waals surface area (Å²) in [6.07, 6.45) is 4.64. The number of amides is 1. The molecule has 8 heteroatoms. The van der Waals surface area contributed by atoms with Gasteiger partial charge in [-0.25, -0.2) is 4.68 Å². The maximum absolute atomic E-state index is 13.1. The smallest absolute Gasteiger partial charge is 0.266 e. The van der Waals surface area contributed by atoms with E-state index in [0.29, 0.717) is 20.7 Å². The predicted octanol–water partition coefficient (Wildman–Crippen LogP) is 5.56. The van der Waals surface area contributed by atoms with E-state index in [1.54, 1.807) is 19.1 Å². The summed E-state index contributed by atoms with van der Waals surface area (Å²) >= 11 is 6.83. The van der Waals surface area contributed by atoms with Crippen LogP contribution in [-0.2, 0) is 4.79 Å². The average molecular weight is 480 g/mol. The fourth-order valence-corrected chi connectivity index (χ4v) is 5.05. The van der Waals surface area contributed by atoms with Gasteiger partial charge in [0, 0.05) is 23.4 Å². The van der Waals surface area contributed by atoms with Crippen molar-refractivity contribution in [2.75, 3.05) is 14.2 Å². The highest BCUT2D eigenvalue weighted by Crippen LogP contribution is 2.38. The van der Waals surface area contributed by atoms with E-state index in [1.807, 2.05) is 79.3 Å². The van der Waals surface area contributed by atoms with Gasteiger partial charge in [0.1, 0.15) is 10.0 Å². The third-order valence-electron chi connectivity index (χ3n) is 5.56. The summed E-state index contributed by atoms with van der Waals surface area (Å²) in [6, 6.07) is 15.6. The van der Waals surface area contributed by atoms with Crippen molar-refractivity contribution in [3.8, 4) is 28.4 Å². The molecule has 1 unspecified atom stereocenters. The van der Waals surface area contributed by atoms with Crippen LogP contribution in [0.15, 0.2) is 59.6 Å². The molecule has 1 aromatic heterocycles. The Morgan fingerprint density at radius 3 is 2.52 bits per heavy atom. The summed E-state index contributed by atoms with van der Waals surface area (Å²) < 4.78 is 13.3. The highest BCUT2D eigenvalue weighted by molar-refractivity contribution is 8.26. The molecule has 6 nitrogen and oxygen atoms in total. The molecule has 1 amide bonds. The summed E-state index contributed by atoms with van der Waals surface area (Å²) in [5.41, 5.74) is 3.32. The molecule has 1 saturated heterocycles. The monoisotopic (exact) mass is 479 g/mol. The molecule has 1 aliphatic rings. The van der Waals surface area contributed by atoms with Crippen molar-refractivity contribution in [3.05, 3.63) is 65.2 Å². The number of thioether (sulfide) groups is 1. The topological polar surface area (TPSA) is 56.6 Å². The number of methoxy groups -OCH3 is 2. The minimum atomic E-state index is -0.0647. The molecule has 4 rings (SSSR count). The quantitative estimate of drug-likeness (QED) is 0.327. The van der Waals surface area contributed by atoms with Gasteiger partial charge in [-0.2, -0.15) is 5.10 Å². The molecule has 1 aliphatic heterocycles. The zero-order valence-corrected chi connectivity index (χ0v) is 20.6. The van der Waals surface area contributed by atoms with Gasteiger partial charge in [0.2, 0.25) is 0 Å². The summed E-state index contributed by atoms with van der Waals surface area (Å²) in [5.74, 6) is 1.18. The Morgan fingerprint density at radius 1 is 1.12 bits per heavy atom. The number of hydrogen-bond donors (Lipinski definition) is 0. The first-order valence-electron chi connectivity index (χ1n) is 10.6. The number of nitrogens with zero attached hydrogens (tertiary/aromatic N) is 3. The Kier molecular flexibility index (Phi) is 6.85. The lowest BCUT2D eigenvalue weighted by molar-refractivity contribution is -0.123. The first-order chi connectivity index (χ1) is 16.0. The highest BCUT2D eigenvalue weighted by atomic mass is 32.2. The summed E-state index contributed by atoms with van der Waals surface area (Å²) in [7, 11) is 3.21. The minimum Gasteiger partial charge on any atom is -0.493 e. The Morgan fingerprint density at radius 2 is 1.85 bits per heavy atom. The maximum Gasteiger partial charge on any atom is 0.266 e. The largest absolute Gasteiger partial charge is 0.493 e. The number of benzene rings is 2. The zero-order chi connectivity index (χ0) is 23.5. The first-order valence-corrected chi connectivity index (χ1v) is 11.8. The molecule has 1 atom stereocenters. The molecule has 170 valence electrons. The van der Waals surface area contributed by atoms with Crippen molar-refractivity contribution in [1.29, 1.82) is 0 Å². The molecular weight excluding hydrogens is 454 g/mol. The summed E-state index contributed by atoms with van der Waals surface area (Å²) in [6.45, 7) is 4.06. The number of para-hydroxylation sites is 1. The maximum atomic E-state index is 13.1. The number of carbonyl (C=O) groups is 1. The molecule has 2 aromatic carbocycles. The van der Waals surface area contributed by atoms with Crippen LogP contribution in [0.25, 0.3) is 23.0 Å². The number of thiocarbonyl (C=S) groups is 1. The molecule has 0 N–H and O–H groups in total. The van der Waals surface area contributed by atoms with Crippen LogP contribution in [-0.4, -0.2) is 45.2 Å². The van der Waals surface area contributed by atoms with Crippen LogP contribution in [0.5, 0.6) is 11.5 Å². The molecule has 0 spiro atoms. The molecule has 33 heavy (non-hydrogen) atoms. The van der Waals surface area contributed by atoms with Gasteiger partial charge in [-0.3, -0.25) is 9.69 Å². The Balaban J connectivity index is 1.83. The van der Waals surface area contributed by atoms with Crippen molar-refractivity contribution >= 4 is 40.3 Å². The van der Waals surface area contributed by atoms with E-state index in [1.165, 1.54) is 11.8 Å². The second-order valence-electron chi connectivity index (χ2n) is 7.59. The normalized spacial score (nSPS) is 15.9. The van der Waals surface area contributed by atoms with E-state index < -0.39 is 0 Å². The average Bonchev–Trinajstić information content (AvgIpc) is 3.39. The lowest BCUT2D eigenvalue weighted by Crippen LogP contribution is -2.36. The Hall–Kier alpha value is -3.10.